The molecule has 26 heavy (non-hydrogen) atoms. The minimum absolute atomic E-state index is 0.114. The van der Waals surface area contributed by atoms with Gasteiger partial charge in [0.2, 0.25) is 0 Å². The summed E-state index contributed by atoms with van der Waals surface area (Å²) in [4.78, 5) is 23.6. The Morgan fingerprint density at radius 3 is 2.27 bits per heavy atom. The van der Waals surface area contributed by atoms with Crippen molar-refractivity contribution in [1.82, 2.24) is 10.6 Å². The van der Waals surface area contributed by atoms with E-state index in [1.165, 1.54) is 19.2 Å². The third-order valence-corrected chi connectivity index (χ3v) is 3.45. The summed E-state index contributed by atoms with van der Waals surface area (Å²) in [5.74, 6) is -0.423. The molecule has 1 aromatic rings. The lowest BCUT2D eigenvalue weighted by atomic mass is 10.0. The zero-order chi connectivity index (χ0) is 19.9. The lowest BCUT2D eigenvalue weighted by Gasteiger charge is -2.28. The quantitative estimate of drug-likeness (QED) is 0.423. The van der Waals surface area contributed by atoms with Crippen molar-refractivity contribution >= 4 is 12.1 Å². The van der Waals surface area contributed by atoms with E-state index in [2.05, 4.69) is 15.4 Å². The minimum atomic E-state index is -1.23. The van der Waals surface area contributed by atoms with E-state index >= 15 is 0 Å². The molecule has 0 aromatic heterocycles. The number of amides is 1. The van der Waals surface area contributed by atoms with E-state index in [-0.39, 0.29) is 12.2 Å². The van der Waals surface area contributed by atoms with Gasteiger partial charge in [-0.3, -0.25) is 10.1 Å². The number of nitrogens with one attached hydrogen (secondary N) is 2. The van der Waals surface area contributed by atoms with E-state index in [0.717, 1.165) is 5.56 Å². The number of aliphatic hydroxyl groups excluding tert-OH is 1. The monoisotopic (exact) mass is 368 g/mol. The molecule has 0 saturated heterocycles. The molecule has 0 fully saturated rings. The molecule has 0 radical (unpaired) electrons. The Morgan fingerprint density at radius 2 is 1.77 bits per heavy atom. The van der Waals surface area contributed by atoms with Crippen LogP contribution in [0.2, 0.25) is 0 Å². The summed E-state index contributed by atoms with van der Waals surface area (Å²) in [6.07, 6.45) is -1.67. The average Bonchev–Trinajstić information content (AvgIpc) is 2.53. The van der Waals surface area contributed by atoms with Gasteiger partial charge in [-0.1, -0.05) is 12.1 Å². The fraction of sp³-hybridized carbons (Fsp3) is 0.556. The Kier molecular flexibility index (Phi) is 7.85. The first-order valence-corrected chi connectivity index (χ1v) is 8.31. The number of ether oxygens (including phenoxy) is 2. The molecule has 1 rings (SSSR count). The molecule has 0 spiro atoms. The number of alkyl carbamates (subject to hydrolysis) is 1. The van der Waals surface area contributed by atoms with Crippen molar-refractivity contribution in [2.45, 2.75) is 58.0 Å². The van der Waals surface area contributed by atoms with E-state index < -0.39 is 36.0 Å². The summed E-state index contributed by atoms with van der Waals surface area (Å²) in [6, 6.07) is 4.83. The fourth-order valence-corrected chi connectivity index (χ4v) is 2.20. The van der Waals surface area contributed by atoms with E-state index in [0.29, 0.717) is 0 Å². The van der Waals surface area contributed by atoms with Gasteiger partial charge in [-0.05, 0) is 51.8 Å². The Labute approximate surface area is 153 Å². The summed E-state index contributed by atoms with van der Waals surface area (Å²) < 4.78 is 9.85. The third-order valence-electron chi connectivity index (χ3n) is 3.45. The molecule has 1 amide bonds. The van der Waals surface area contributed by atoms with Crippen molar-refractivity contribution in [2.24, 2.45) is 0 Å². The summed E-state index contributed by atoms with van der Waals surface area (Å²) in [5.41, 5.74) is 0.0839. The van der Waals surface area contributed by atoms with Crippen LogP contribution in [-0.4, -0.2) is 53.3 Å². The smallest absolute Gasteiger partial charge is 0.408 e. The summed E-state index contributed by atoms with van der Waals surface area (Å²) >= 11 is 0. The summed E-state index contributed by atoms with van der Waals surface area (Å²) in [6.45, 7) is 6.74. The highest BCUT2D eigenvalue weighted by atomic mass is 16.6. The highest BCUT2D eigenvalue weighted by Gasteiger charge is 2.27. The molecule has 2 unspecified atom stereocenters. The lowest BCUT2D eigenvalue weighted by molar-refractivity contribution is -0.143. The van der Waals surface area contributed by atoms with E-state index in [1.807, 2.05) is 0 Å². The molecule has 0 aliphatic rings. The Bertz CT molecular complexity index is 597. The standard InChI is InChI=1S/C18H28N2O6/c1-11(16(23)25-5)19-15(22)14(20-17(24)26-18(2,3)4)10-12-6-8-13(21)9-7-12/h6-9,11,14-15,19,21-22H,10H2,1-5H3,(H,20,24)/t11?,14?,15-/m1/s1. The Balaban J connectivity index is 2.87. The molecule has 4 N–H and O–H groups in total. The first-order valence-electron chi connectivity index (χ1n) is 8.31. The number of esters is 1. The van der Waals surface area contributed by atoms with E-state index in [9.17, 15) is 19.8 Å². The maximum absolute atomic E-state index is 12.1. The number of phenolic OH excluding ortho intramolecular Hbond substituents is 1. The highest BCUT2D eigenvalue weighted by Crippen LogP contribution is 2.13. The van der Waals surface area contributed by atoms with Crippen LogP contribution in [0.5, 0.6) is 5.75 Å². The number of aromatic hydroxyl groups is 1. The maximum atomic E-state index is 12.1. The van der Waals surface area contributed by atoms with Gasteiger partial charge in [-0.25, -0.2) is 4.79 Å². The van der Waals surface area contributed by atoms with Gasteiger partial charge in [0.1, 0.15) is 23.6 Å². The molecule has 0 saturated carbocycles. The zero-order valence-corrected chi connectivity index (χ0v) is 15.8. The van der Waals surface area contributed by atoms with Gasteiger partial charge in [0.25, 0.3) is 0 Å². The lowest BCUT2D eigenvalue weighted by Crippen LogP contribution is -2.55. The number of carbonyl (C=O) groups is 2. The minimum Gasteiger partial charge on any atom is -0.508 e. The second kappa shape index (κ2) is 9.40. The van der Waals surface area contributed by atoms with Crippen LogP contribution in [0.25, 0.3) is 0 Å². The largest absolute Gasteiger partial charge is 0.508 e. The number of carbonyl (C=O) groups excluding carboxylic acids is 2. The molecule has 0 heterocycles. The first-order chi connectivity index (χ1) is 12.0. The highest BCUT2D eigenvalue weighted by molar-refractivity contribution is 5.75. The average molecular weight is 368 g/mol. The topological polar surface area (TPSA) is 117 Å². The van der Waals surface area contributed by atoms with Crippen LogP contribution in [0, 0.1) is 0 Å². The van der Waals surface area contributed by atoms with Crippen LogP contribution in [0.1, 0.15) is 33.3 Å². The van der Waals surface area contributed by atoms with Crippen LogP contribution < -0.4 is 10.6 Å². The van der Waals surface area contributed by atoms with Gasteiger partial charge in [0.15, 0.2) is 0 Å². The van der Waals surface area contributed by atoms with Crippen molar-refractivity contribution in [3.05, 3.63) is 29.8 Å². The van der Waals surface area contributed by atoms with Gasteiger partial charge < -0.3 is 25.0 Å². The van der Waals surface area contributed by atoms with Crippen LogP contribution in [-0.2, 0) is 20.7 Å². The first kappa shape index (κ1) is 21.7. The molecule has 0 bridgehead atoms. The van der Waals surface area contributed by atoms with Crippen molar-refractivity contribution in [1.29, 1.82) is 0 Å². The Hall–Kier alpha value is -2.32. The molecule has 0 aliphatic heterocycles. The number of rotatable bonds is 7. The number of hydrogen-bond donors (Lipinski definition) is 4. The van der Waals surface area contributed by atoms with Gasteiger partial charge in [0.05, 0.1) is 13.2 Å². The second-order valence-electron chi connectivity index (χ2n) is 6.98. The number of benzene rings is 1. The van der Waals surface area contributed by atoms with Crippen LogP contribution >= 0.6 is 0 Å². The molecular weight excluding hydrogens is 340 g/mol. The molecule has 146 valence electrons. The molecule has 1 aromatic carbocycles. The predicted octanol–water partition coefficient (Wildman–Crippen LogP) is 1.30. The van der Waals surface area contributed by atoms with Gasteiger partial charge in [-0.2, -0.15) is 0 Å². The van der Waals surface area contributed by atoms with Crippen molar-refractivity contribution in [3.8, 4) is 5.75 Å². The zero-order valence-electron chi connectivity index (χ0n) is 15.8. The summed E-state index contributed by atoms with van der Waals surface area (Å²) in [7, 11) is 1.25. The number of aliphatic hydroxyl groups is 1. The van der Waals surface area contributed by atoms with Crippen molar-refractivity contribution in [2.75, 3.05) is 7.11 Å². The summed E-state index contributed by atoms with van der Waals surface area (Å²) in [5, 5.41) is 25.1. The van der Waals surface area contributed by atoms with Gasteiger partial charge in [0, 0.05) is 0 Å². The molecule has 0 aliphatic carbocycles. The second-order valence-corrected chi connectivity index (χ2v) is 6.98. The van der Waals surface area contributed by atoms with Crippen molar-refractivity contribution in [3.63, 3.8) is 0 Å². The predicted molar refractivity (Wildman–Crippen MR) is 95.6 cm³/mol. The number of phenols is 1. The third kappa shape index (κ3) is 7.71. The SMILES string of the molecule is COC(=O)C(C)N[C@H](O)C(Cc1ccc(O)cc1)NC(=O)OC(C)(C)C. The maximum Gasteiger partial charge on any atom is 0.408 e. The molecule has 3 atom stereocenters. The molecular formula is C18H28N2O6. The number of hydrogen-bond acceptors (Lipinski definition) is 7. The molecule has 8 heteroatoms. The Morgan fingerprint density at radius 1 is 1.19 bits per heavy atom. The number of methoxy groups -OCH3 is 1. The van der Waals surface area contributed by atoms with E-state index in [1.54, 1.807) is 39.8 Å². The molecule has 8 nitrogen and oxygen atoms in total. The van der Waals surface area contributed by atoms with Crippen LogP contribution in [0.3, 0.4) is 0 Å². The van der Waals surface area contributed by atoms with Gasteiger partial charge in [-0.15, -0.1) is 0 Å². The van der Waals surface area contributed by atoms with Crippen molar-refractivity contribution < 1.29 is 29.3 Å². The fourth-order valence-electron chi connectivity index (χ4n) is 2.20. The van der Waals surface area contributed by atoms with Gasteiger partial charge >= 0.3 is 12.1 Å². The van der Waals surface area contributed by atoms with Crippen LogP contribution in [0.4, 0.5) is 4.79 Å². The van der Waals surface area contributed by atoms with Crippen LogP contribution in [0.15, 0.2) is 24.3 Å². The normalized spacial score (nSPS) is 14.8. The van der Waals surface area contributed by atoms with E-state index in [4.69, 9.17) is 4.74 Å².